The number of carbonyl (C=O) groups excluding carboxylic acids is 1. The van der Waals surface area contributed by atoms with Gasteiger partial charge in [-0.1, -0.05) is 0 Å². The van der Waals surface area contributed by atoms with Crippen LogP contribution in [0.4, 0.5) is 0 Å². The van der Waals surface area contributed by atoms with Gasteiger partial charge >= 0.3 is 0 Å². The van der Waals surface area contributed by atoms with Gasteiger partial charge in [0.1, 0.15) is 0 Å². The van der Waals surface area contributed by atoms with Gasteiger partial charge in [-0.25, -0.2) is 8.42 Å². The second kappa shape index (κ2) is 6.53. The monoisotopic (exact) mass is 285 g/mol. The van der Waals surface area contributed by atoms with E-state index in [1.807, 2.05) is 6.92 Å². The number of amides is 1. The summed E-state index contributed by atoms with van der Waals surface area (Å²) >= 11 is 0. The Bertz CT molecular complexity index is 360. The van der Waals surface area contributed by atoms with Crippen LogP contribution in [0.3, 0.4) is 0 Å². The summed E-state index contributed by atoms with van der Waals surface area (Å²) in [5, 5.41) is 3.18. The standard InChI is InChI=1S/C9H19N3O3S.ClH/c1-8-6-10-4-5-12(8)9(13)7-11(2)16(3,14)15;/h8,10H,4-7H2,1-3H3;1H/t8-;/m1./s1. The molecule has 102 valence electrons. The van der Waals surface area contributed by atoms with Gasteiger partial charge in [0.05, 0.1) is 12.8 Å². The quantitative estimate of drug-likeness (QED) is 0.731. The molecule has 0 radical (unpaired) electrons. The lowest BCUT2D eigenvalue weighted by Crippen LogP contribution is -2.54. The number of hydrogen-bond donors (Lipinski definition) is 1. The first-order valence-electron chi connectivity index (χ1n) is 5.24. The van der Waals surface area contributed by atoms with Crippen molar-refractivity contribution >= 4 is 28.3 Å². The van der Waals surface area contributed by atoms with Gasteiger partial charge in [0.2, 0.25) is 15.9 Å². The Balaban J connectivity index is 0.00000256. The van der Waals surface area contributed by atoms with Crippen molar-refractivity contribution in [2.24, 2.45) is 0 Å². The Kier molecular flexibility index (Phi) is 6.39. The van der Waals surface area contributed by atoms with Gasteiger partial charge in [-0.3, -0.25) is 4.79 Å². The zero-order chi connectivity index (χ0) is 12.3. The van der Waals surface area contributed by atoms with Crippen molar-refractivity contribution in [2.45, 2.75) is 13.0 Å². The van der Waals surface area contributed by atoms with E-state index in [0.717, 1.165) is 23.7 Å². The minimum absolute atomic E-state index is 0. The molecular weight excluding hydrogens is 266 g/mol. The number of sulfonamides is 1. The molecule has 0 aromatic carbocycles. The highest BCUT2D eigenvalue weighted by atomic mass is 35.5. The third-order valence-corrected chi connectivity index (χ3v) is 4.01. The molecule has 8 heteroatoms. The molecule has 1 N–H and O–H groups in total. The smallest absolute Gasteiger partial charge is 0.238 e. The van der Waals surface area contributed by atoms with Gasteiger partial charge in [0, 0.05) is 32.7 Å². The summed E-state index contributed by atoms with van der Waals surface area (Å²) < 4.78 is 23.4. The van der Waals surface area contributed by atoms with Crippen molar-refractivity contribution in [1.82, 2.24) is 14.5 Å². The van der Waals surface area contributed by atoms with E-state index >= 15 is 0 Å². The summed E-state index contributed by atoms with van der Waals surface area (Å²) in [7, 11) is -1.87. The average molecular weight is 286 g/mol. The van der Waals surface area contributed by atoms with E-state index in [-0.39, 0.29) is 30.9 Å². The van der Waals surface area contributed by atoms with E-state index in [2.05, 4.69) is 5.32 Å². The highest BCUT2D eigenvalue weighted by molar-refractivity contribution is 7.88. The maximum Gasteiger partial charge on any atom is 0.238 e. The lowest BCUT2D eigenvalue weighted by Gasteiger charge is -2.34. The third-order valence-electron chi connectivity index (χ3n) is 2.75. The number of halogens is 1. The number of hydrogen-bond acceptors (Lipinski definition) is 4. The lowest BCUT2D eigenvalue weighted by molar-refractivity contribution is -0.133. The molecule has 1 atom stereocenters. The number of piperazine rings is 1. The minimum Gasteiger partial charge on any atom is -0.336 e. The Hall–Kier alpha value is -0.370. The summed E-state index contributed by atoms with van der Waals surface area (Å²) in [5.74, 6) is -0.137. The van der Waals surface area contributed by atoms with Crippen LogP contribution in [0.15, 0.2) is 0 Å². The zero-order valence-electron chi connectivity index (χ0n) is 10.3. The molecule has 0 bridgehead atoms. The molecule has 1 amide bonds. The Morgan fingerprint density at radius 1 is 1.53 bits per heavy atom. The van der Waals surface area contributed by atoms with Crippen LogP contribution in [0.5, 0.6) is 0 Å². The molecule has 0 saturated carbocycles. The van der Waals surface area contributed by atoms with Crippen LogP contribution in [-0.2, 0) is 14.8 Å². The fourth-order valence-corrected chi connectivity index (χ4v) is 1.96. The summed E-state index contributed by atoms with van der Waals surface area (Å²) in [5.41, 5.74) is 0. The number of rotatable bonds is 3. The highest BCUT2D eigenvalue weighted by Crippen LogP contribution is 2.04. The molecule has 1 aliphatic rings. The van der Waals surface area contributed by atoms with Crippen LogP contribution in [-0.4, -0.2) is 69.1 Å². The van der Waals surface area contributed by atoms with Crippen LogP contribution in [0.25, 0.3) is 0 Å². The summed E-state index contributed by atoms with van der Waals surface area (Å²) in [6.45, 7) is 4.03. The second-order valence-corrected chi connectivity index (χ2v) is 6.25. The second-order valence-electron chi connectivity index (χ2n) is 4.16. The van der Waals surface area contributed by atoms with E-state index in [9.17, 15) is 13.2 Å². The van der Waals surface area contributed by atoms with E-state index < -0.39 is 10.0 Å². The number of likely N-dealkylation sites (N-methyl/N-ethyl adjacent to an activating group) is 1. The number of nitrogens with zero attached hydrogens (tertiary/aromatic N) is 2. The number of carbonyl (C=O) groups is 1. The van der Waals surface area contributed by atoms with Crippen molar-refractivity contribution in [1.29, 1.82) is 0 Å². The van der Waals surface area contributed by atoms with Gasteiger partial charge in [0.25, 0.3) is 0 Å². The summed E-state index contributed by atoms with van der Waals surface area (Å²) in [4.78, 5) is 13.6. The van der Waals surface area contributed by atoms with Gasteiger partial charge in [-0.2, -0.15) is 4.31 Å². The van der Waals surface area contributed by atoms with Crippen LogP contribution in [0, 0.1) is 0 Å². The SMILES string of the molecule is C[C@@H]1CNCCN1C(=O)CN(C)S(C)(=O)=O.Cl. The highest BCUT2D eigenvalue weighted by Gasteiger charge is 2.25. The first-order chi connectivity index (χ1) is 7.32. The molecule has 1 rings (SSSR count). The molecule has 0 aromatic heterocycles. The van der Waals surface area contributed by atoms with E-state index in [1.165, 1.54) is 7.05 Å². The van der Waals surface area contributed by atoms with Crippen molar-refractivity contribution < 1.29 is 13.2 Å². The zero-order valence-corrected chi connectivity index (χ0v) is 12.0. The molecule has 0 aromatic rings. The molecule has 1 aliphatic heterocycles. The fraction of sp³-hybridized carbons (Fsp3) is 0.889. The average Bonchev–Trinajstić information content (AvgIpc) is 2.16. The molecule has 0 aliphatic carbocycles. The molecule has 17 heavy (non-hydrogen) atoms. The molecule has 0 unspecified atom stereocenters. The fourth-order valence-electron chi connectivity index (χ4n) is 1.61. The Morgan fingerprint density at radius 2 is 2.12 bits per heavy atom. The van der Waals surface area contributed by atoms with Crippen molar-refractivity contribution in [3.05, 3.63) is 0 Å². The van der Waals surface area contributed by atoms with E-state index in [0.29, 0.717) is 6.54 Å². The lowest BCUT2D eigenvalue weighted by atomic mass is 10.2. The molecule has 0 spiro atoms. The molecule has 1 heterocycles. The predicted octanol–water partition coefficient (Wildman–Crippen LogP) is -0.880. The van der Waals surface area contributed by atoms with E-state index in [1.54, 1.807) is 4.90 Å². The van der Waals surface area contributed by atoms with Crippen LogP contribution in [0.2, 0.25) is 0 Å². The minimum atomic E-state index is -3.28. The maximum absolute atomic E-state index is 11.9. The van der Waals surface area contributed by atoms with E-state index in [4.69, 9.17) is 0 Å². The first kappa shape index (κ1) is 16.6. The van der Waals surface area contributed by atoms with Gasteiger partial charge in [-0.05, 0) is 6.92 Å². The van der Waals surface area contributed by atoms with Gasteiger partial charge in [0.15, 0.2) is 0 Å². The molecule has 1 saturated heterocycles. The Morgan fingerprint density at radius 3 is 2.59 bits per heavy atom. The van der Waals surface area contributed by atoms with Crippen molar-refractivity contribution in [3.63, 3.8) is 0 Å². The molecule has 6 nitrogen and oxygen atoms in total. The largest absolute Gasteiger partial charge is 0.336 e. The summed E-state index contributed by atoms with van der Waals surface area (Å²) in [6.07, 6.45) is 1.10. The molecular formula is C9H20ClN3O3S. The molecule has 1 fully saturated rings. The number of nitrogens with one attached hydrogen (secondary N) is 1. The Labute approximate surface area is 109 Å². The van der Waals surface area contributed by atoms with Gasteiger partial charge in [-0.15, -0.1) is 12.4 Å². The topological polar surface area (TPSA) is 69.7 Å². The van der Waals surface area contributed by atoms with Crippen LogP contribution in [0.1, 0.15) is 6.92 Å². The predicted molar refractivity (Wildman–Crippen MR) is 68.8 cm³/mol. The third kappa shape index (κ3) is 4.79. The summed E-state index contributed by atoms with van der Waals surface area (Å²) in [6, 6.07) is 0.120. The van der Waals surface area contributed by atoms with Crippen molar-refractivity contribution in [3.8, 4) is 0 Å². The normalized spacial score (nSPS) is 21.2. The van der Waals surface area contributed by atoms with Gasteiger partial charge < -0.3 is 10.2 Å². The maximum atomic E-state index is 11.9. The first-order valence-corrected chi connectivity index (χ1v) is 7.08. The van der Waals surface area contributed by atoms with Crippen molar-refractivity contribution in [2.75, 3.05) is 39.5 Å². The van der Waals surface area contributed by atoms with Crippen LogP contribution < -0.4 is 5.32 Å². The van der Waals surface area contributed by atoms with Crippen LogP contribution >= 0.6 is 12.4 Å².